The summed E-state index contributed by atoms with van der Waals surface area (Å²) in [6.45, 7) is 6.03. The molecule has 1 atom stereocenters. The summed E-state index contributed by atoms with van der Waals surface area (Å²) < 4.78 is 9.71. The van der Waals surface area contributed by atoms with E-state index in [9.17, 15) is 9.59 Å². The van der Waals surface area contributed by atoms with Gasteiger partial charge in [-0.3, -0.25) is 4.79 Å². The second-order valence-corrected chi connectivity index (χ2v) is 4.30. The number of morpholine rings is 1. The van der Waals surface area contributed by atoms with Gasteiger partial charge in [0.1, 0.15) is 6.04 Å². The van der Waals surface area contributed by atoms with Gasteiger partial charge in [-0.05, 0) is 5.92 Å². The molecule has 0 unspecified atom stereocenters. The smallest absolute Gasteiger partial charge is 0.407 e. The third-order valence-electron chi connectivity index (χ3n) is 2.71. The van der Waals surface area contributed by atoms with E-state index in [0.717, 1.165) is 0 Å². The highest BCUT2D eigenvalue weighted by molar-refractivity contribution is 5.86. The molecule has 0 radical (unpaired) electrons. The van der Waals surface area contributed by atoms with Crippen LogP contribution in [-0.2, 0) is 14.3 Å². The van der Waals surface area contributed by atoms with Gasteiger partial charge in [0.15, 0.2) is 0 Å². The van der Waals surface area contributed by atoms with E-state index in [-0.39, 0.29) is 11.8 Å². The SMILES string of the molecule is COC(=O)N[C@H](C(=O)N1CCOCC1)C(C)C. The van der Waals surface area contributed by atoms with Crippen molar-refractivity contribution in [2.45, 2.75) is 19.9 Å². The summed E-state index contributed by atoms with van der Waals surface area (Å²) >= 11 is 0. The fourth-order valence-corrected chi connectivity index (χ4v) is 1.68. The van der Waals surface area contributed by atoms with Gasteiger partial charge in [-0.25, -0.2) is 4.79 Å². The number of nitrogens with one attached hydrogen (secondary N) is 1. The minimum atomic E-state index is -0.578. The first kappa shape index (κ1) is 13.8. The fourth-order valence-electron chi connectivity index (χ4n) is 1.68. The van der Waals surface area contributed by atoms with Gasteiger partial charge in [0.05, 0.1) is 20.3 Å². The van der Waals surface area contributed by atoms with Gasteiger partial charge in [-0.15, -0.1) is 0 Å². The fraction of sp³-hybridized carbons (Fsp3) is 0.818. The predicted octanol–water partition coefficient (Wildman–Crippen LogP) is 0.226. The zero-order chi connectivity index (χ0) is 12.8. The highest BCUT2D eigenvalue weighted by Gasteiger charge is 2.29. The van der Waals surface area contributed by atoms with Gasteiger partial charge in [0.25, 0.3) is 0 Å². The van der Waals surface area contributed by atoms with Crippen molar-refractivity contribution in [3.05, 3.63) is 0 Å². The Hall–Kier alpha value is -1.30. The molecule has 2 amide bonds. The van der Waals surface area contributed by atoms with Crippen molar-refractivity contribution in [2.24, 2.45) is 5.92 Å². The third kappa shape index (κ3) is 3.89. The minimum absolute atomic E-state index is 0.0180. The van der Waals surface area contributed by atoms with Crippen molar-refractivity contribution >= 4 is 12.0 Å². The van der Waals surface area contributed by atoms with E-state index >= 15 is 0 Å². The van der Waals surface area contributed by atoms with E-state index in [2.05, 4.69) is 10.1 Å². The quantitative estimate of drug-likeness (QED) is 0.771. The molecule has 0 aliphatic carbocycles. The predicted molar refractivity (Wildman–Crippen MR) is 61.6 cm³/mol. The number of carbonyl (C=O) groups excluding carboxylic acids is 2. The van der Waals surface area contributed by atoms with Crippen LogP contribution in [0.5, 0.6) is 0 Å². The maximum Gasteiger partial charge on any atom is 0.407 e. The van der Waals surface area contributed by atoms with Crippen LogP contribution >= 0.6 is 0 Å². The van der Waals surface area contributed by atoms with Gasteiger partial charge in [-0.1, -0.05) is 13.8 Å². The summed E-state index contributed by atoms with van der Waals surface area (Å²) in [5.41, 5.74) is 0. The van der Waals surface area contributed by atoms with Gasteiger partial charge in [0.2, 0.25) is 5.91 Å². The second-order valence-electron chi connectivity index (χ2n) is 4.30. The standard InChI is InChI=1S/C11H20N2O4/c1-8(2)9(12-11(15)16-3)10(14)13-4-6-17-7-5-13/h8-9H,4-7H2,1-3H3,(H,12,15)/t9-/m0/s1. The number of alkyl carbamates (subject to hydrolysis) is 1. The Bertz CT molecular complexity index is 275. The molecule has 0 aromatic carbocycles. The molecule has 0 aromatic rings. The van der Waals surface area contributed by atoms with Crippen LogP contribution in [0.2, 0.25) is 0 Å². The zero-order valence-corrected chi connectivity index (χ0v) is 10.6. The van der Waals surface area contributed by atoms with E-state index in [4.69, 9.17) is 4.74 Å². The number of nitrogens with zero attached hydrogens (tertiary/aromatic N) is 1. The van der Waals surface area contributed by atoms with E-state index < -0.39 is 12.1 Å². The summed E-state index contributed by atoms with van der Waals surface area (Å²) in [6.07, 6.45) is -0.578. The summed E-state index contributed by atoms with van der Waals surface area (Å²) in [7, 11) is 1.28. The summed E-state index contributed by atoms with van der Waals surface area (Å²) in [5, 5.41) is 2.57. The summed E-state index contributed by atoms with van der Waals surface area (Å²) in [6, 6.07) is -0.541. The number of carbonyl (C=O) groups is 2. The third-order valence-corrected chi connectivity index (χ3v) is 2.71. The molecule has 0 spiro atoms. The number of hydrogen-bond donors (Lipinski definition) is 1. The molecule has 17 heavy (non-hydrogen) atoms. The van der Waals surface area contributed by atoms with Gasteiger partial charge in [0, 0.05) is 13.1 Å². The molecule has 1 fully saturated rings. The molecule has 0 aromatic heterocycles. The molecule has 6 nitrogen and oxygen atoms in total. The van der Waals surface area contributed by atoms with Crippen LogP contribution in [0.4, 0.5) is 4.79 Å². The Morgan fingerprint density at radius 1 is 1.29 bits per heavy atom. The average molecular weight is 244 g/mol. The zero-order valence-electron chi connectivity index (χ0n) is 10.6. The summed E-state index contributed by atoms with van der Waals surface area (Å²) in [5.74, 6) is -0.0573. The van der Waals surface area contributed by atoms with Crippen molar-refractivity contribution in [1.29, 1.82) is 0 Å². The lowest BCUT2D eigenvalue weighted by Crippen LogP contribution is -2.53. The van der Waals surface area contributed by atoms with Crippen molar-refractivity contribution in [3.8, 4) is 0 Å². The lowest BCUT2D eigenvalue weighted by Gasteiger charge is -2.31. The van der Waals surface area contributed by atoms with Crippen LogP contribution in [0.15, 0.2) is 0 Å². The van der Waals surface area contributed by atoms with Crippen LogP contribution in [0, 0.1) is 5.92 Å². The first-order valence-corrected chi connectivity index (χ1v) is 5.77. The average Bonchev–Trinajstić information content (AvgIpc) is 2.35. The van der Waals surface area contributed by atoms with Crippen LogP contribution in [0.1, 0.15) is 13.8 Å². The summed E-state index contributed by atoms with van der Waals surface area (Å²) in [4.78, 5) is 25.1. The molecule has 1 aliphatic heterocycles. The largest absolute Gasteiger partial charge is 0.453 e. The Labute approximate surface area is 101 Å². The number of ether oxygens (including phenoxy) is 2. The van der Waals surface area contributed by atoms with Crippen molar-refractivity contribution in [2.75, 3.05) is 33.4 Å². The molecular formula is C11H20N2O4. The minimum Gasteiger partial charge on any atom is -0.453 e. The number of methoxy groups -OCH3 is 1. The van der Waals surface area contributed by atoms with Gasteiger partial charge < -0.3 is 19.7 Å². The number of rotatable bonds is 3. The number of amides is 2. The van der Waals surface area contributed by atoms with Gasteiger partial charge in [-0.2, -0.15) is 0 Å². The van der Waals surface area contributed by atoms with E-state index in [1.807, 2.05) is 13.8 Å². The van der Waals surface area contributed by atoms with Crippen LogP contribution in [0.25, 0.3) is 0 Å². The van der Waals surface area contributed by atoms with Crippen molar-refractivity contribution in [1.82, 2.24) is 10.2 Å². The second kappa shape index (κ2) is 6.44. The lowest BCUT2D eigenvalue weighted by atomic mass is 10.0. The Balaban J connectivity index is 2.62. The molecule has 98 valence electrons. The topological polar surface area (TPSA) is 67.9 Å². The molecule has 0 saturated carbocycles. The van der Waals surface area contributed by atoms with E-state index in [1.165, 1.54) is 7.11 Å². The van der Waals surface area contributed by atoms with Crippen molar-refractivity contribution in [3.63, 3.8) is 0 Å². The van der Waals surface area contributed by atoms with Gasteiger partial charge >= 0.3 is 6.09 Å². The highest BCUT2D eigenvalue weighted by atomic mass is 16.5. The molecule has 0 bridgehead atoms. The first-order valence-electron chi connectivity index (χ1n) is 5.77. The normalized spacial score (nSPS) is 17.8. The monoisotopic (exact) mass is 244 g/mol. The molecule has 1 aliphatic rings. The highest BCUT2D eigenvalue weighted by Crippen LogP contribution is 2.08. The molecule has 6 heteroatoms. The lowest BCUT2D eigenvalue weighted by molar-refractivity contribution is -0.138. The number of hydrogen-bond acceptors (Lipinski definition) is 4. The van der Waals surface area contributed by atoms with Crippen LogP contribution in [-0.4, -0.2) is 56.4 Å². The van der Waals surface area contributed by atoms with Crippen LogP contribution < -0.4 is 5.32 Å². The maximum absolute atomic E-state index is 12.2. The molecule has 1 rings (SSSR count). The van der Waals surface area contributed by atoms with Crippen LogP contribution in [0.3, 0.4) is 0 Å². The first-order chi connectivity index (χ1) is 8.06. The van der Waals surface area contributed by atoms with Crippen molar-refractivity contribution < 1.29 is 19.1 Å². The molecule has 1 N–H and O–H groups in total. The Kier molecular flexibility index (Phi) is 5.21. The molecule has 1 heterocycles. The molecule has 1 saturated heterocycles. The maximum atomic E-state index is 12.2. The van der Waals surface area contributed by atoms with E-state index in [0.29, 0.717) is 26.3 Å². The van der Waals surface area contributed by atoms with E-state index in [1.54, 1.807) is 4.90 Å². The Morgan fingerprint density at radius 2 is 1.88 bits per heavy atom. The molecular weight excluding hydrogens is 224 g/mol. The Morgan fingerprint density at radius 3 is 2.35 bits per heavy atom.